The van der Waals surface area contributed by atoms with Crippen LogP contribution in [0, 0.1) is 0 Å². The van der Waals surface area contributed by atoms with E-state index in [2.05, 4.69) is 30.8 Å². The molecule has 200 valence electrons. The number of nitrogens with zero attached hydrogens (tertiary/aromatic N) is 6. The number of aromatic nitrogens is 4. The molecule has 1 aromatic heterocycles. The van der Waals surface area contributed by atoms with E-state index in [1.807, 2.05) is 0 Å². The number of carbonyl (C=O) groups is 4. The van der Waals surface area contributed by atoms with Crippen molar-refractivity contribution in [2.75, 3.05) is 11.5 Å². The Balaban J connectivity index is 1.52. The predicted molar refractivity (Wildman–Crippen MR) is 135 cm³/mol. The second-order valence-electron chi connectivity index (χ2n) is 7.69. The Bertz CT molecular complexity index is 1370. The summed E-state index contributed by atoms with van der Waals surface area (Å²) in [5.41, 5.74) is -0.0493. The Morgan fingerprint density at radius 1 is 1.37 bits per heavy atom. The smallest absolute Gasteiger partial charge is 0.367 e. The molecule has 2 aliphatic rings. The summed E-state index contributed by atoms with van der Waals surface area (Å²) in [6.45, 7) is 0. The van der Waals surface area contributed by atoms with Crippen LogP contribution in [0.4, 0.5) is 0 Å². The number of halogens is 2. The number of thioether (sulfide) groups is 2. The zero-order valence-electron chi connectivity index (χ0n) is 19.1. The summed E-state index contributed by atoms with van der Waals surface area (Å²) >= 11 is 13.4. The van der Waals surface area contributed by atoms with Gasteiger partial charge in [-0.05, 0) is 28.1 Å². The molecule has 1 unspecified atom stereocenters. The van der Waals surface area contributed by atoms with Crippen LogP contribution in [-0.4, -0.2) is 92.5 Å². The second-order valence-corrected chi connectivity index (χ2v) is 10.8. The number of carboxylic acids is 1. The lowest BCUT2D eigenvalue weighted by Crippen LogP contribution is -2.71. The van der Waals surface area contributed by atoms with E-state index in [0.717, 1.165) is 4.90 Å². The second kappa shape index (κ2) is 11.6. The number of oxime groups is 1. The van der Waals surface area contributed by atoms with Gasteiger partial charge in [0.1, 0.15) is 22.9 Å². The molecule has 14 nitrogen and oxygen atoms in total. The van der Waals surface area contributed by atoms with Gasteiger partial charge in [0.05, 0.1) is 0 Å². The number of aliphatic carboxylic acids is 1. The van der Waals surface area contributed by atoms with Crippen LogP contribution in [0.25, 0.3) is 0 Å². The van der Waals surface area contributed by atoms with E-state index >= 15 is 0 Å². The zero-order chi connectivity index (χ0) is 27.6. The number of phenols is 1. The van der Waals surface area contributed by atoms with Crippen molar-refractivity contribution in [1.82, 2.24) is 30.4 Å². The Hall–Kier alpha value is -3.34. The minimum Gasteiger partial charge on any atom is -0.508 e. The van der Waals surface area contributed by atoms with Gasteiger partial charge in [-0.3, -0.25) is 14.5 Å². The van der Waals surface area contributed by atoms with Gasteiger partial charge < -0.3 is 20.4 Å². The fourth-order valence-corrected chi connectivity index (χ4v) is 5.92. The van der Waals surface area contributed by atoms with Crippen LogP contribution in [0.3, 0.4) is 0 Å². The topological polar surface area (TPSA) is 189 Å². The van der Waals surface area contributed by atoms with Crippen molar-refractivity contribution in [2.45, 2.75) is 21.4 Å². The average molecular weight is 602 g/mol. The molecule has 0 spiro atoms. The molecule has 0 saturated carbocycles. The maximum Gasteiger partial charge on any atom is 0.367 e. The number of carboxylic acid groups (broad SMARTS) is 1. The minimum absolute atomic E-state index is 0.0691. The number of fused-ring (bicyclic) bond motifs is 1. The Kier molecular flexibility index (Phi) is 8.44. The average Bonchev–Trinajstić information content (AvgIpc) is 3.29. The van der Waals surface area contributed by atoms with Gasteiger partial charge in [-0.25, -0.2) is 14.3 Å². The minimum atomic E-state index is -1.56. The molecule has 1 aromatic carbocycles. The number of rotatable bonds is 9. The number of aromatic hydroxyl groups is 1. The maximum absolute atomic E-state index is 13.1. The van der Waals surface area contributed by atoms with E-state index in [-0.39, 0.29) is 28.5 Å². The molecule has 1 saturated heterocycles. The van der Waals surface area contributed by atoms with E-state index < -0.39 is 45.7 Å². The van der Waals surface area contributed by atoms with Gasteiger partial charge in [0.25, 0.3) is 11.8 Å². The van der Waals surface area contributed by atoms with Crippen LogP contribution >= 0.6 is 46.7 Å². The van der Waals surface area contributed by atoms with Crippen molar-refractivity contribution in [2.24, 2.45) is 12.2 Å². The number of aryl methyl sites for hydroxylation is 1. The van der Waals surface area contributed by atoms with Crippen molar-refractivity contribution in [3.05, 3.63) is 41.1 Å². The number of nitrogens with one attached hydrogen (secondary N) is 1. The van der Waals surface area contributed by atoms with E-state index in [9.17, 15) is 29.4 Å². The number of alkyl halides is 2. The molecule has 0 bridgehead atoms. The van der Waals surface area contributed by atoms with Gasteiger partial charge in [-0.15, -0.1) is 16.9 Å². The SMILES string of the molecule is Cn1nnnc1SCC1=C(C(=O)O)N2C(=O)C(NC(=O)C(=NOC(=O)C(Cl)Cl)c3cccc(O)c3)[C@@H]2SC1. The van der Waals surface area contributed by atoms with Gasteiger partial charge in [-0.1, -0.05) is 52.3 Å². The molecule has 4 rings (SSSR count). The Morgan fingerprint density at radius 2 is 2.13 bits per heavy atom. The quantitative estimate of drug-likeness (QED) is 0.0902. The normalized spacial score (nSPS) is 19.2. The molecule has 2 aliphatic heterocycles. The molecule has 18 heteroatoms. The van der Waals surface area contributed by atoms with Crippen LogP contribution in [-0.2, 0) is 31.1 Å². The fraction of sp³-hybridized carbons (Fsp3) is 0.300. The third-order valence-electron chi connectivity index (χ3n) is 5.23. The highest BCUT2D eigenvalue weighted by molar-refractivity contribution is 8.01. The largest absolute Gasteiger partial charge is 0.508 e. The summed E-state index contributed by atoms with van der Waals surface area (Å²) in [5, 5.41) is 36.5. The van der Waals surface area contributed by atoms with Crippen LogP contribution in [0.15, 0.2) is 45.8 Å². The summed E-state index contributed by atoms with van der Waals surface area (Å²) in [5.74, 6) is -3.69. The molecule has 3 heterocycles. The highest BCUT2D eigenvalue weighted by Crippen LogP contribution is 2.41. The van der Waals surface area contributed by atoms with Gasteiger partial charge >= 0.3 is 11.9 Å². The highest BCUT2D eigenvalue weighted by Gasteiger charge is 2.54. The predicted octanol–water partition coefficient (Wildman–Crippen LogP) is 0.498. The maximum atomic E-state index is 13.1. The van der Waals surface area contributed by atoms with E-state index in [1.165, 1.54) is 52.5 Å². The van der Waals surface area contributed by atoms with Gasteiger partial charge in [0.15, 0.2) is 5.71 Å². The van der Waals surface area contributed by atoms with Crippen molar-refractivity contribution in [3.63, 3.8) is 0 Å². The van der Waals surface area contributed by atoms with Crippen molar-refractivity contribution in [3.8, 4) is 5.75 Å². The van der Waals surface area contributed by atoms with Gasteiger partial charge in [-0.2, -0.15) is 0 Å². The summed E-state index contributed by atoms with van der Waals surface area (Å²) < 4.78 is 1.44. The lowest BCUT2D eigenvalue weighted by atomic mass is 10.0. The van der Waals surface area contributed by atoms with Crippen LogP contribution in [0.5, 0.6) is 5.75 Å². The first-order valence-electron chi connectivity index (χ1n) is 10.5. The molecule has 1 fully saturated rings. The number of benzene rings is 1. The van der Waals surface area contributed by atoms with E-state index in [1.54, 1.807) is 7.05 Å². The number of carbonyl (C=O) groups excluding carboxylic acids is 3. The van der Waals surface area contributed by atoms with Crippen molar-refractivity contribution < 1.29 is 34.2 Å². The summed E-state index contributed by atoms with van der Waals surface area (Å²) in [6.07, 6.45) is 0. The first kappa shape index (κ1) is 27.7. The molecule has 2 aromatic rings. The van der Waals surface area contributed by atoms with Gasteiger partial charge in [0.2, 0.25) is 9.99 Å². The number of tetrazole rings is 1. The standard InChI is InChI=1S/C20H17Cl2N7O7S2/c1-28-20(24-26-27-28)38-7-9-6-37-17-12(16(32)29(17)13(9)18(33)34)23-15(31)11(25-36-19(35)14(21)22)8-3-2-4-10(30)5-8/h2-5,12,14,17,30H,6-7H2,1H3,(H,23,31)(H,33,34)/t12?,17-/m0/s1. The summed E-state index contributed by atoms with van der Waals surface area (Å²) in [7, 11) is 1.64. The lowest BCUT2D eigenvalue weighted by molar-refractivity contribution is -0.150. The third-order valence-corrected chi connectivity index (χ3v) is 8.03. The lowest BCUT2D eigenvalue weighted by Gasteiger charge is -2.49. The number of amides is 2. The first-order valence-corrected chi connectivity index (χ1v) is 13.4. The van der Waals surface area contributed by atoms with Crippen LogP contribution in [0.1, 0.15) is 5.56 Å². The van der Waals surface area contributed by atoms with Crippen molar-refractivity contribution in [1.29, 1.82) is 0 Å². The monoisotopic (exact) mass is 601 g/mol. The van der Waals surface area contributed by atoms with E-state index in [4.69, 9.17) is 23.2 Å². The molecule has 2 atom stereocenters. The fourth-order valence-electron chi connectivity index (χ4n) is 3.51. The third kappa shape index (κ3) is 5.72. The molecule has 2 amide bonds. The highest BCUT2D eigenvalue weighted by atomic mass is 35.5. The molecule has 38 heavy (non-hydrogen) atoms. The number of hydrogen-bond acceptors (Lipinski definition) is 12. The molecule has 0 radical (unpaired) electrons. The summed E-state index contributed by atoms with van der Waals surface area (Å²) in [4.78, 5) is 54.0. The van der Waals surface area contributed by atoms with Gasteiger partial charge in [0, 0.05) is 24.1 Å². The summed E-state index contributed by atoms with van der Waals surface area (Å²) in [6, 6.07) is 4.29. The molecule has 3 N–H and O–H groups in total. The van der Waals surface area contributed by atoms with Crippen molar-refractivity contribution >= 4 is 76.2 Å². The van der Waals surface area contributed by atoms with Crippen LogP contribution < -0.4 is 5.32 Å². The first-order chi connectivity index (χ1) is 18.1. The number of β-lactam (4-membered cyclic amide) rings is 1. The Morgan fingerprint density at radius 3 is 2.76 bits per heavy atom. The van der Waals surface area contributed by atoms with E-state index in [0.29, 0.717) is 10.7 Å². The van der Waals surface area contributed by atoms with Crippen LogP contribution in [0.2, 0.25) is 0 Å². The Labute approximate surface area is 232 Å². The molecule has 0 aliphatic carbocycles. The molecular weight excluding hydrogens is 585 g/mol. The number of phenolic OH excluding ortho intramolecular Hbond substituents is 1. The molecular formula is C20H17Cl2N7O7S2. The number of hydrogen-bond donors (Lipinski definition) is 3. The zero-order valence-corrected chi connectivity index (χ0v) is 22.3.